The summed E-state index contributed by atoms with van der Waals surface area (Å²) in [7, 11) is -0.750. The second kappa shape index (κ2) is 7.57. The zero-order chi connectivity index (χ0) is 23.4. The van der Waals surface area contributed by atoms with Crippen LogP contribution in [0.2, 0.25) is 19.6 Å². The number of ether oxygens (including phenoxy) is 1. The van der Waals surface area contributed by atoms with E-state index in [1.165, 1.54) is 7.11 Å². The first-order chi connectivity index (χ1) is 15.1. The maximum Gasteiger partial charge on any atom is 0.201 e. The Labute approximate surface area is 188 Å². The number of fused-ring (bicyclic) bond motifs is 3. The molecular formula is C25H27NO5Si. The molecule has 0 heterocycles. The van der Waals surface area contributed by atoms with Crippen molar-refractivity contribution >= 4 is 19.9 Å². The summed E-state index contributed by atoms with van der Waals surface area (Å²) in [5.74, 6) is -0.821. The van der Waals surface area contributed by atoms with E-state index in [0.29, 0.717) is 29.7 Å². The summed E-state index contributed by atoms with van der Waals surface area (Å²) in [6.07, 6.45) is 1.88. The molecule has 0 amide bonds. The standard InChI is InChI=1S/C25H27NO5Si/c1-6-14-10-11-15-18(25(14,13-26)31-32(3,4)5)12-17-21(23(15)28)24(29)20-16(22(17)27)8-7-9-19(20)30-2/h7-9,12,14,28H,6,10-11H2,1-5H3/t14-,25+/m0/s1. The van der Waals surface area contributed by atoms with Crippen molar-refractivity contribution in [2.45, 2.75) is 51.4 Å². The monoisotopic (exact) mass is 449 g/mol. The van der Waals surface area contributed by atoms with E-state index in [1.54, 1.807) is 24.3 Å². The van der Waals surface area contributed by atoms with Gasteiger partial charge in [-0.05, 0) is 51.0 Å². The fraction of sp³-hybridized carbons (Fsp3) is 0.400. The number of methoxy groups -OCH3 is 1. The number of phenols is 1. The van der Waals surface area contributed by atoms with Crippen molar-refractivity contribution in [1.82, 2.24) is 0 Å². The van der Waals surface area contributed by atoms with Crippen LogP contribution in [-0.2, 0) is 16.4 Å². The van der Waals surface area contributed by atoms with Gasteiger partial charge in [0.25, 0.3) is 0 Å². The number of carbonyl (C=O) groups excluding carboxylic acids is 2. The molecule has 2 aliphatic carbocycles. The van der Waals surface area contributed by atoms with E-state index in [9.17, 15) is 20.0 Å². The SMILES string of the molecule is CC[C@H]1CCc2c(cc3c(c2O)C(=O)c2c(OC)cccc2C3=O)[C@]1(C#N)O[Si](C)(C)C. The molecule has 0 bridgehead atoms. The van der Waals surface area contributed by atoms with E-state index >= 15 is 0 Å². The van der Waals surface area contributed by atoms with E-state index in [-0.39, 0.29) is 39.7 Å². The van der Waals surface area contributed by atoms with Gasteiger partial charge in [0.1, 0.15) is 17.6 Å². The van der Waals surface area contributed by atoms with Crippen molar-refractivity contribution in [1.29, 1.82) is 5.26 Å². The molecule has 2 aromatic carbocycles. The number of ketones is 2. The van der Waals surface area contributed by atoms with Crippen molar-refractivity contribution < 1.29 is 23.9 Å². The minimum Gasteiger partial charge on any atom is -0.507 e. The molecule has 2 aromatic rings. The minimum atomic E-state index is -2.19. The van der Waals surface area contributed by atoms with Crippen LogP contribution in [0.3, 0.4) is 0 Å². The average Bonchev–Trinajstić information content (AvgIpc) is 2.76. The van der Waals surface area contributed by atoms with Crippen molar-refractivity contribution in [2.24, 2.45) is 5.92 Å². The lowest BCUT2D eigenvalue weighted by atomic mass is 9.68. The predicted molar refractivity (Wildman–Crippen MR) is 122 cm³/mol. The number of benzene rings is 2. The molecule has 0 saturated carbocycles. The topological polar surface area (TPSA) is 96.6 Å². The van der Waals surface area contributed by atoms with Gasteiger partial charge in [-0.3, -0.25) is 9.59 Å². The maximum absolute atomic E-state index is 13.5. The molecule has 0 unspecified atom stereocenters. The van der Waals surface area contributed by atoms with Gasteiger partial charge >= 0.3 is 0 Å². The van der Waals surface area contributed by atoms with Gasteiger partial charge < -0.3 is 14.3 Å². The summed E-state index contributed by atoms with van der Waals surface area (Å²) < 4.78 is 11.8. The van der Waals surface area contributed by atoms with E-state index in [4.69, 9.17) is 9.16 Å². The molecular weight excluding hydrogens is 422 g/mol. The number of phenolic OH excluding ortho intramolecular Hbond substituents is 1. The largest absolute Gasteiger partial charge is 0.507 e. The van der Waals surface area contributed by atoms with Gasteiger partial charge in [0, 0.05) is 28.2 Å². The molecule has 166 valence electrons. The van der Waals surface area contributed by atoms with Gasteiger partial charge in [-0.15, -0.1) is 0 Å². The molecule has 32 heavy (non-hydrogen) atoms. The molecule has 0 saturated heterocycles. The third-order valence-corrected chi connectivity index (χ3v) is 7.37. The third kappa shape index (κ3) is 3.09. The van der Waals surface area contributed by atoms with Gasteiger partial charge in [-0.25, -0.2) is 0 Å². The number of nitrogens with zero attached hydrogens (tertiary/aromatic N) is 1. The highest BCUT2D eigenvalue weighted by molar-refractivity contribution is 6.69. The van der Waals surface area contributed by atoms with Crippen molar-refractivity contribution in [2.75, 3.05) is 7.11 Å². The normalized spacial score (nSPS) is 21.9. The zero-order valence-corrected chi connectivity index (χ0v) is 20.0. The van der Waals surface area contributed by atoms with Gasteiger partial charge in [-0.2, -0.15) is 5.26 Å². The molecule has 0 aromatic heterocycles. The van der Waals surface area contributed by atoms with Crippen LogP contribution in [0, 0.1) is 17.2 Å². The molecule has 2 aliphatic rings. The number of carbonyl (C=O) groups is 2. The number of hydrogen-bond donors (Lipinski definition) is 1. The van der Waals surface area contributed by atoms with Crippen LogP contribution in [0.25, 0.3) is 0 Å². The Balaban J connectivity index is 2.02. The second-order valence-electron chi connectivity index (χ2n) is 9.42. The first-order valence-corrected chi connectivity index (χ1v) is 14.3. The molecule has 1 N–H and O–H groups in total. The van der Waals surface area contributed by atoms with Gasteiger partial charge in [0.15, 0.2) is 19.7 Å². The van der Waals surface area contributed by atoms with Crippen LogP contribution in [0.5, 0.6) is 11.5 Å². The number of hydrogen-bond acceptors (Lipinski definition) is 6. The first-order valence-electron chi connectivity index (χ1n) is 10.9. The van der Waals surface area contributed by atoms with E-state index in [0.717, 1.165) is 6.42 Å². The molecule has 6 nitrogen and oxygen atoms in total. The van der Waals surface area contributed by atoms with Crippen LogP contribution in [0.1, 0.15) is 62.7 Å². The van der Waals surface area contributed by atoms with Crippen molar-refractivity contribution in [3.05, 3.63) is 57.6 Å². The Hall–Kier alpha value is -2.95. The van der Waals surface area contributed by atoms with Crippen LogP contribution in [0.15, 0.2) is 24.3 Å². The van der Waals surface area contributed by atoms with Crippen molar-refractivity contribution in [3.8, 4) is 17.6 Å². The number of aromatic hydroxyl groups is 1. The predicted octanol–water partition coefficient (Wildman–Crippen LogP) is 4.72. The van der Waals surface area contributed by atoms with Gasteiger partial charge in [0.05, 0.1) is 18.2 Å². The Morgan fingerprint density at radius 1 is 1.19 bits per heavy atom. The van der Waals surface area contributed by atoms with Crippen molar-refractivity contribution in [3.63, 3.8) is 0 Å². The first kappa shape index (κ1) is 22.2. The number of nitriles is 1. The summed E-state index contributed by atoms with van der Waals surface area (Å²) in [6.45, 7) is 8.07. The highest BCUT2D eigenvalue weighted by Gasteiger charge is 2.50. The fourth-order valence-electron chi connectivity index (χ4n) is 5.13. The molecule has 0 fully saturated rings. The summed E-state index contributed by atoms with van der Waals surface area (Å²) >= 11 is 0. The molecule has 2 atom stereocenters. The van der Waals surface area contributed by atoms with E-state index in [1.807, 2.05) is 26.6 Å². The van der Waals surface area contributed by atoms with E-state index < -0.39 is 19.7 Å². The van der Waals surface area contributed by atoms with Gasteiger partial charge in [-0.1, -0.05) is 19.1 Å². The highest BCUT2D eigenvalue weighted by atomic mass is 28.4. The smallest absolute Gasteiger partial charge is 0.201 e. The lowest BCUT2D eigenvalue weighted by Crippen LogP contribution is -2.47. The van der Waals surface area contributed by atoms with E-state index in [2.05, 4.69) is 6.07 Å². The lowest BCUT2D eigenvalue weighted by molar-refractivity contribution is 0.0352. The Morgan fingerprint density at radius 3 is 2.50 bits per heavy atom. The number of rotatable bonds is 4. The Morgan fingerprint density at radius 2 is 1.91 bits per heavy atom. The Bertz CT molecular complexity index is 1190. The van der Waals surface area contributed by atoms with Crippen LogP contribution >= 0.6 is 0 Å². The quantitative estimate of drug-likeness (QED) is 0.579. The summed E-state index contributed by atoms with van der Waals surface area (Å²) in [5, 5.41) is 21.7. The molecule has 4 rings (SSSR count). The lowest BCUT2D eigenvalue weighted by Gasteiger charge is -2.44. The molecule has 0 radical (unpaired) electrons. The third-order valence-electron chi connectivity index (χ3n) is 6.44. The molecule has 0 spiro atoms. The molecule has 0 aliphatic heterocycles. The summed E-state index contributed by atoms with van der Waals surface area (Å²) in [4.78, 5) is 26.9. The average molecular weight is 450 g/mol. The van der Waals surface area contributed by atoms with Crippen LogP contribution < -0.4 is 4.74 Å². The maximum atomic E-state index is 13.5. The zero-order valence-electron chi connectivity index (χ0n) is 19.0. The van der Waals surface area contributed by atoms with Gasteiger partial charge in [0.2, 0.25) is 5.78 Å². The summed E-state index contributed by atoms with van der Waals surface area (Å²) in [6, 6.07) is 8.91. The van der Waals surface area contributed by atoms with Crippen LogP contribution in [0.4, 0.5) is 0 Å². The summed E-state index contributed by atoms with van der Waals surface area (Å²) in [5.41, 5.74) is 0.268. The molecule has 7 heteroatoms. The fourth-order valence-corrected chi connectivity index (χ4v) is 6.41. The van der Waals surface area contributed by atoms with Crippen LogP contribution in [-0.4, -0.2) is 32.1 Å². The second-order valence-corrected chi connectivity index (χ2v) is 13.8. The highest BCUT2D eigenvalue weighted by Crippen LogP contribution is 2.50. The minimum absolute atomic E-state index is 0.0134. The Kier molecular flexibility index (Phi) is 5.27.